The molecule has 0 N–H and O–H groups in total. The van der Waals surface area contributed by atoms with Gasteiger partial charge >= 0.3 is 0 Å². The van der Waals surface area contributed by atoms with Crippen LogP contribution in [0.25, 0.3) is 17.0 Å². The topological polar surface area (TPSA) is 37.6 Å². The first-order valence-electron chi connectivity index (χ1n) is 14.3. The summed E-state index contributed by atoms with van der Waals surface area (Å²) in [4.78, 5) is 22.1. The fourth-order valence-electron chi connectivity index (χ4n) is 6.40. The van der Waals surface area contributed by atoms with Crippen molar-refractivity contribution in [3.8, 4) is 0 Å². The number of rotatable bonds is 5. The fraction of sp³-hybridized carbons (Fsp3) is 0.438. The van der Waals surface area contributed by atoms with Crippen molar-refractivity contribution in [2.45, 2.75) is 89.8 Å². The largest absolute Gasteiger partial charge is 0.340 e. The molecule has 204 valence electrons. The third kappa shape index (κ3) is 5.55. The Kier molecular flexibility index (Phi) is 8.11. The van der Waals surface area contributed by atoms with Crippen molar-refractivity contribution in [3.05, 3.63) is 74.2 Å². The highest BCUT2D eigenvalue weighted by atomic mass is 35.5. The lowest BCUT2D eigenvalue weighted by molar-refractivity contribution is -0.124. The van der Waals surface area contributed by atoms with Crippen LogP contribution in [0.15, 0.2) is 52.4 Å². The SMILES string of the molecule is Cc1c(C=C2SC(=NC3CCCCC3)N(C3CCCCC3)C2=O)c2ccccc2n1Cc1ccc(Cl)cc1Cl. The molecule has 2 aliphatic carbocycles. The van der Waals surface area contributed by atoms with E-state index in [9.17, 15) is 4.79 Å². The molecule has 1 saturated heterocycles. The van der Waals surface area contributed by atoms with E-state index in [4.69, 9.17) is 28.2 Å². The van der Waals surface area contributed by atoms with Crippen LogP contribution in [0.1, 0.15) is 81.0 Å². The van der Waals surface area contributed by atoms with Crippen LogP contribution in [0.5, 0.6) is 0 Å². The minimum absolute atomic E-state index is 0.124. The number of benzene rings is 2. The predicted molar refractivity (Wildman–Crippen MR) is 166 cm³/mol. The van der Waals surface area contributed by atoms with Gasteiger partial charge in [0.1, 0.15) is 0 Å². The van der Waals surface area contributed by atoms with Crippen LogP contribution in [-0.2, 0) is 11.3 Å². The Balaban J connectivity index is 1.39. The molecule has 3 aliphatic rings. The van der Waals surface area contributed by atoms with E-state index < -0.39 is 0 Å². The summed E-state index contributed by atoms with van der Waals surface area (Å²) in [5.41, 5.74) is 4.35. The zero-order chi connectivity index (χ0) is 26.9. The van der Waals surface area contributed by atoms with Crippen LogP contribution in [-0.4, -0.2) is 32.6 Å². The maximum Gasteiger partial charge on any atom is 0.267 e. The average Bonchev–Trinajstić information content (AvgIpc) is 3.39. The van der Waals surface area contributed by atoms with Crippen LogP contribution in [0.3, 0.4) is 0 Å². The van der Waals surface area contributed by atoms with E-state index >= 15 is 0 Å². The number of halogens is 2. The van der Waals surface area contributed by atoms with Crippen LogP contribution in [0.4, 0.5) is 0 Å². The van der Waals surface area contributed by atoms with Gasteiger partial charge in [0.2, 0.25) is 0 Å². The van der Waals surface area contributed by atoms with E-state index in [1.54, 1.807) is 17.8 Å². The first-order valence-corrected chi connectivity index (χ1v) is 15.9. The molecule has 0 unspecified atom stereocenters. The standard InChI is InChI=1S/C32H35Cl2N3OS/c1-21-27(26-14-8-9-15-29(26)36(21)20-22-16-17-23(33)18-28(22)34)19-30-31(38)37(25-12-6-3-7-13-25)32(39-30)35-24-10-4-2-5-11-24/h8-9,14-19,24-25H,2-7,10-13,20H2,1H3. The zero-order valence-corrected chi connectivity index (χ0v) is 24.8. The van der Waals surface area contributed by atoms with Crippen LogP contribution >= 0.6 is 35.0 Å². The molecule has 0 radical (unpaired) electrons. The van der Waals surface area contributed by atoms with Gasteiger partial charge in [-0.25, -0.2) is 0 Å². The number of carbonyl (C=O) groups excluding carboxylic acids is 1. The molecule has 39 heavy (non-hydrogen) atoms. The van der Waals surface area contributed by atoms with Gasteiger partial charge in [-0.2, -0.15) is 0 Å². The zero-order valence-electron chi connectivity index (χ0n) is 22.5. The van der Waals surface area contributed by atoms with E-state index in [-0.39, 0.29) is 11.9 Å². The first kappa shape index (κ1) is 27.0. The van der Waals surface area contributed by atoms with Gasteiger partial charge in [0, 0.05) is 44.8 Å². The molecule has 1 aromatic heterocycles. The Bertz CT molecular complexity index is 1450. The number of thioether (sulfide) groups is 1. The maximum absolute atomic E-state index is 14.0. The molecule has 1 aliphatic heterocycles. The quantitative estimate of drug-likeness (QED) is 0.282. The molecule has 2 saturated carbocycles. The molecule has 2 aromatic carbocycles. The third-order valence-electron chi connectivity index (χ3n) is 8.54. The second-order valence-electron chi connectivity index (χ2n) is 11.1. The van der Waals surface area contributed by atoms with E-state index in [0.29, 0.717) is 22.6 Å². The Morgan fingerprint density at radius 2 is 1.69 bits per heavy atom. The molecule has 0 bridgehead atoms. The van der Waals surface area contributed by atoms with Crippen molar-refractivity contribution in [2.75, 3.05) is 0 Å². The van der Waals surface area contributed by atoms with Crippen LogP contribution < -0.4 is 0 Å². The Morgan fingerprint density at radius 3 is 2.44 bits per heavy atom. The second-order valence-corrected chi connectivity index (χ2v) is 13.0. The summed E-state index contributed by atoms with van der Waals surface area (Å²) in [6, 6.07) is 14.7. The molecular weight excluding hydrogens is 545 g/mol. The highest BCUT2D eigenvalue weighted by Gasteiger charge is 2.39. The molecule has 3 fully saturated rings. The van der Waals surface area contributed by atoms with Gasteiger partial charge in [-0.3, -0.25) is 14.7 Å². The number of carbonyl (C=O) groups is 1. The summed E-state index contributed by atoms with van der Waals surface area (Å²) in [6.07, 6.45) is 14.0. The van der Waals surface area contributed by atoms with Crippen LogP contribution in [0, 0.1) is 6.92 Å². The van der Waals surface area contributed by atoms with Crippen molar-refractivity contribution in [2.24, 2.45) is 4.99 Å². The lowest BCUT2D eigenvalue weighted by Crippen LogP contribution is -2.41. The first-order chi connectivity index (χ1) is 19.0. The number of hydrogen-bond donors (Lipinski definition) is 0. The summed E-state index contributed by atoms with van der Waals surface area (Å²) in [5, 5.41) is 3.36. The molecule has 7 heteroatoms. The van der Waals surface area contributed by atoms with Gasteiger partial charge < -0.3 is 4.57 Å². The summed E-state index contributed by atoms with van der Waals surface area (Å²) in [6.45, 7) is 2.77. The van der Waals surface area contributed by atoms with E-state index in [1.165, 1.54) is 38.5 Å². The minimum Gasteiger partial charge on any atom is -0.340 e. The summed E-state index contributed by atoms with van der Waals surface area (Å²) < 4.78 is 2.29. The normalized spacial score (nSPS) is 21.6. The highest BCUT2D eigenvalue weighted by Crippen LogP contribution is 2.40. The fourth-order valence-corrected chi connectivity index (χ4v) is 7.96. The van der Waals surface area contributed by atoms with Gasteiger partial charge in [0.15, 0.2) is 5.17 Å². The van der Waals surface area contributed by atoms with E-state index in [0.717, 1.165) is 63.5 Å². The molecule has 0 spiro atoms. The molecule has 6 rings (SSSR count). The number of aliphatic imine (C=N–C) groups is 1. The predicted octanol–water partition coefficient (Wildman–Crippen LogP) is 9.24. The molecule has 3 aromatic rings. The smallest absolute Gasteiger partial charge is 0.267 e. The van der Waals surface area contributed by atoms with E-state index in [1.807, 2.05) is 12.1 Å². The van der Waals surface area contributed by atoms with Crippen molar-refractivity contribution in [3.63, 3.8) is 0 Å². The van der Waals surface area contributed by atoms with Gasteiger partial charge in [0.05, 0.1) is 10.9 Å². The number of amidine groups is 1. The van der Waals surface area contributed by atoms with Gasteiger partial charge in [-0.15, -0.1) is 0 Å². The lowest BCUT2D eigenvalue weighted by atomic mass is 9.94. The molecule has 4 nitrogen and oxygen atoms in total. The Labute approximate surface area is 245 Å². The van der Waals surface area contributed by atoms with Gasteiger partial charge in [-0.1, -0.05) is 86.0 Å². The number of amides is 1. The second kappa shape index (κ2) is 11.7. The summed E-state index contributed by atoms with van der Waals surface area (Å²) in [5.74, 6) is 0.124. The highest BCUT2D eigenvalue weighted by molar-refractivity contribution is 8.18. The average molecular weight is 581 g/mol. The Hall–Kier alpha value is -2.21. The number of aromatic nitrogens is 1. The van der Waals surface area contributed by atoms with Crippen molar-refractivity contribution < 1.29 is 4.79 Å². The minimum atomic E-state index is 0.124. The molecule has 2 heterocycles. The van der Waals surface area contributed by atoms with Crippen LogP contribution in [0.2, 0.25) is 10.0 Å². The van der Waals surface area contributed by atoms with Crippen molar-refractivity contribution in [1.29, 1.82) is 0 Å². The van der Waals surface area contributed by atoms with Gasteiger partial charge in [0.25, 0.3) is 5.91 Å². The number of fused-ring (bicyclic) bond motifs is 1. The molecular formula is C32H35Cl2N3OS. The number of hydrogen-bond acceptors (Lipinski definition) is 3. The third-order valence-corrected chi connectivity index (χ3v) is 10.1. The Morgan fingerprint density at radius 1 is 0.974 bits per heavy atom. The maximum atomic E-state index is 14.0. The summed E-state index contributed by atoms with van der Waals surface area (Å²) >= 11 is 14.3. The van der Waals surface area contributed by atoms with Gasteiger partial charge in [-0.05, 0) is 74.2 Å². The lowest BCUT2D eigenvalue weighted by Gasteiger charge is -2.31. The number of para-hydroxylation sites is 1. The van der Waals surface area contributed by atoms with Crippen molar-refractivity contribution in [1.82, 2.24) is 9.47 Å². The van der Waals surface area contributed by atoms with E-state index in [2.05, 4.69) is 46.7 Å². The number of nitrogens with zero attached hydrogens (tertiary/aromatic N) is 3. The summed E-state index contributed by atoms with van der Waals surface area (Å²) in [7, 11) is 0. The van der Waals surface area contributed by atoms with Crippen molar-refractivity contribution >= 4 is 63.0 Å². The monoisotopic (exact) mass is 579 g/mol. The molecule has 1 amide bonds. The molecule has 0 atom stereocenters.